The van der Waals surface area contributed by atoms with Crippen molar-refractivity contribution in [2.24, 2.45) is 0 Å². The number of hydrogen-bond donors (Lipinski definition) is 1. The lowest BCUT2D eigenvalue weighted by Gasteiger charge is -1.97. The van der Waals surface area contributed by atoms with Gasteiger partial charge in [0.2, 0.25) is 0 Å². The van der Waals surface area contributed by atoms with Gasteiger partial charge in [0, 0.05) is 5.39 Å². The second-order valence-electron chi connectivity index (χ2n) is 6.49. The molecule has 29 heavy (non-hydrogen) atoms. The third-order valence-electron chi connectivity index (χ3n) is 4.40. The Hall–Kier alpha value is -4.01. The van der Waals surface area contributed by atoms with Crippen molar-refractivity contribution in [2.45, 2.75) is 6.92 Å². The summed E-state index contributed by atoms with van der Waals surface area (Å²) in [5, 5.41) is 8.66. The molecule has 0 atom stereocenters. The standard InChI is InChI=1S/C24H20N2.CO2/c1-18-7-9-20(10-8-18)11-12-21-14-16-24-22(17-21)23(25-26-24)15-13-19-5-3-2-4-6-19;2-1-3/h2-17H,1H3,(H,25,26);/b12-11+,15-13+;. The fraction of sp³-hybridized carbons (Fsp3) is 0.0400. The summed E-state index contributed by atoms with van der Waals surface area (Å²) in [5.41, 5.74) is 6.81. The number of carbonyl (C=O) groups excluding carboxylic acids is 2. The summed E-state index contributed by atoms with van der Waals surface area (Å²) in [6, 6.07) is 25.1. The molecule has 0 fully saturated rings. The molecule has 4 aromatic rings. The summed E-state index contributed by atoms with van der Waals surface area (Å²) in [6.45, 7) is 2.10. The van der Waals surface area contributed by atoms with Crippen LogP contribution >= 0.6 is 0 Å². The lowest BCUT2D eigenvalue weighted by atomic mass is 10.1. The number of aryl methyl sites for hydroxylation is 1. The number of aromatic nitrogens is 2. The maximum Gasteiger partial charge on any atom is 0.373 e. The van der Waals surface area contributed by atoms with Crippen molar-refractivity contribution in [3.63, 3.8) is 0 Å². The first-order valence-corrected chi connectivity index (χ1v) is 9.15. The number of fused-ring (bicyclic) bond motifs is 1. The summed E-state index contributed by atoms with van der Waals surface area (Å²) in [5.74, 6) is 0. The Morgan fingerprint density at radius 3 is 2.07 bits per heavy atom. The van der Waals surface area contributed by atoms with Crippen LogP contribution in [0.3, 0.4) is 0 Å². The van der Waals surface area contributed by atoms with Crippen LogP contribution in [0.1, 0.15) is 27.9 Å². The van der Waals surface area contributed by atoms with Crippen LogP contribution in [-0.4, -0.2) is 16.3 Å². The van der Waals surface area contributed by atoms with E-state index in [1.54, 1.807) is 0 Å². The molecule has 0 unspecified atom stereocenters. The first-order valence-electron chi connectivity index (χ1n) is 9.15. The highest BCUT2D eigenvalue weighted by Gasteiger charge is 2.03. The van der Waals surface area contributed by atoms with Crippen molar-refractivity contribution in [1.82, 2.24) is 10.2 Å². The number of nitrogens with one attached hydrogen (secondary N) is 1. The Balaban J connectivity index is 0.000000755. The van der Waals surface area contributed by atoms with Crippen LogP contribution in [0.2, 0.25) is 0 Å². The van der Waals surface area contributed by atoms with Crippen molar-refractivity contribution in [3.8, 4) is 0 Å². The van der Waals surface area contributed by atoms with Crippen LogP contribution < -0.4 is 0 Å². The SMILES string of the molecule is Cc1ccc(/C=C/c2ccc3n[nH]c(/C=C/c4ccccc4)c3c2)cc1.O=C=O. The molecule has 0 bridgehead atoms. The van der Waals surface area contributed by atoms with E-state index in [-0.39, 0.29) is 6.15 Å². The van der Waals surface area contributed by atoms with E-state index in [9.17, 15) is 0 Å². The van der Waals surface area contributed by atoms with Gasteiger partial charge in [-0.15, -0.1) is 0 Å². The van der Waals surface area contributed by atoms with E-state index in [0.29, 0.717) is 0 Å². The minimum absolute atomic E-state index is 0.250. The predicted molar refractivity (Wildman–Crippen MR) is 117 cm³/mol. The highest BCUT2D eigenvalue weighted by atomic mass is 16.2. The predicted octanol–water partition coefficient (Wildman–Crippen LogP) is 5.63. The Labute approximate surface area is 169 Å². The summed E-state index contributed by atoms with van der Waals surface area (Å²) < 4.78 is 0. The molecule has 0 aliphatic carbocycles. The molecular formula is C25H20N2O2. The number of H-pyrrole nitrogens is 1. The molecule has 0 saturated heterocycles. The van der Waals surface area contributed by atoms with Gasteiger partial charge in [0.1, 0.15) is 0 Å². The topological polar surface area (TPSA) is 62.8 Å². The molecule has 142 valence electrons. The molecule has 0 aliphatic heterocycles. The van der Waals surface area contributed by atoms with E-state index in [1.165, 1.54) is 16.7 Å². The Morgan fingerprint density at radius 1 is 0.759 bits per heavy atom. The van der Waals surface area contributed by atoms with E-state index >= 15 is 0 Å². The highest BCUT2D eigenvalue weighted by molar-refractivity contribution is 5.91. The summed E-state index contributed by atoms with van der Waals surface area (Å²) >= 11 is 0. The normalized spacial score (nSPS) is 10.8. The number of benzene rings is 3. The Morgan fingerprint density at radius 2 is 1.34 bits per heavy atom. The maximum atomic E-state index is 8.12. The third kappa shape index (κ3) is 5.48. The molecule has 0 saturated carbocycles. The largest absolute Gasteiger partial charge is 0.373 e. The Kier molecular flexibility index (Phi) is 6.66. The molecule has 0 aliphatic rings. The third-order valence-corrected chi connectivity index (χ3v) is 4.40. The van der Waals surface area contributed by atoms with Crippen LogP contribution in [0.4, 0.5) is 0 Å². The highest BCUT2D eigenvalue weighted by Crippen LogP contribution is 2.21. The zero-order valence-corrected chi connectivity index (χ0v) is 16.0. The van der Waals surface area contributed by atoms with Crippen LogP contribution in [0.25, 0.3) is 35.2 Å². The van der Waals surface area contributed by atoms with Gasteiger partial charge in [-0.25, -0.2) is 0 Å². The van der Waals surface area contributed by atoms with Gasteiger partial charge in [-0.2, -0.15) is 14.7 Å². The van der Waals surface area contributed by atoms with Crippen molar-refractivity contribution < 1.29 is 9.59 Å². The molecule has 0 spiro atoms. The molecule has 3 aromatic carbocycles. The van der Waals surface area contributed by atoms with Crippen LogP contribution in [0.5, 0.6) is 0 Å². The van der Waals surface area contributed by atoms with E-state index in [4.69, 9.17) is 9.59 Å². The lowest BCUT2D eigenvalue weighted by Crippen LogP contribution is -1.77. The van der Waals surface area contributed by atoms with Gasteiger partial charge in [0.15, 0.2) is 0 Å². The van der Waals surface area contributed by atoms with Crippen LogP contribution in [0, 0.1) is 6.92 Å². The average molecular weight is 380 g/mol. The van der Waals surface area contributed by atoms with Gasteiger partial charge in [0.25, 0.3) is 0 Å². The quantitative estimate of drug-likeness (QED) is 0.467. The second kappa shape index (κ2) is 9.79. The van der Waals surface area contributed by atoms with Gasteiger partial charge >= 0.3 is 6.15 Å². The number of aromatic amines is 1. The molecule has 1 aromatic heterocycles. The van der Waals surface area contributed by atoms with Gasteiger partial charge < -0.3 is 0 Å². The zero-order valence-electron chi connectivity index (χ0n) is 16.0. The van der Waals surface area contributed by atoms with E-state index < -0.39 is 0 Å². The van der Waals surface area contributed by atoms with E-state index in [0.717, 1.165) is 22.2 Å². The summed E-state index contributed by atoms with van der Waals surface area (Å²) in [4.78, 5) is 16.2. The van der Waals surface area contributed by atoms with E-state index in [1.807, 2.05) is 18.2 Å². The van der Waals surface area contributed by atoms with Gasteiger partial charge in [-0.05, 0) is 41.8 Å². The van der Waals surface area contributed by atoms with Crippen molar-refractivity contribution in [3.05, 3.63) is 101 Å². The Bertz CT molecular complexity index is 1160. The molecular weight excluding hydrogens is 360 g/mol. The molecule has 1 N–H and O–H groups in total. The van der Waals surface area contributed by atoms with Crippen molar-refractivity contribution in [1.29, 1.82) is 0 Å². The van der Waals surface area contributed by atoms with Gasteiger partial charge in [0.05, 0.1) is 11.2 Å². The first-order chi connectivity index (χ1) is 14.2. The minimum atomic E-state index is 0.250. The maximum absolute atomic E-state index is 8.12. The lowest BCUT2D eigenvalue weighted by molar-refractivity contribution is -0.191. The first kappa shape index (κ1) is 19.7. The zero-order chi connectivity index (χ0) is 20.5. The monoisotopic (exact) mass is 380 g/mol. The van der Waals surface area contributed by atoms with E-state index in [2.05, 4.69) is 96.0 Å². The molecule has 0 radical (unpaired) electrons. The number of rotatable bonds is 4. The van der Waals surface area contributed by atoms with Crippen LogP contribution in [0.15, 0.2) is 72.8 Å². The fourth-order valence-corrected chi connectivity index (χ4v) is 2.89. The molecule has 4 nitrogen and oxygen atoms in total. The van der Waals surface area contributed by atoms with Crippen LogP contribution in [-0.2, 0) is 9.59 Å². The van der Waals surface area contributed by atoms with Crippen molar-refractivity contribution >= 4 is 41.4 Å². The van der Waals surface area contributed by atoms with Crippen molar-refractivity contribution in [2.75, 3.05) is 0 Å². The number of hydrogen-bond acceptors (Lipinski definition) is 3. The second-order valence-corrected chi connectivity index (χ2v) is 6.49. The number of nitrogens with zero attached hydrogens (tertiary/aromatic N) is 1. The summed E-state index contributed by atoms with van der Waals surface area (Å²) in [7, 11) is 0. The molecule has 1 heterocycles. The van der Waals surface area contributed by atoms with Gasteiger partial charge in [-0.1, -0.05) is 84.5 Å². The fourth-order valence-electron chi connectivity index (χ4n) is 2.89. The minimum Gasteiger partial charge on any atom is -0.277 e. The molecule has 0 amide bonds. The molecule has 4 heteroatoms. The average Bonchev–Trinajstić information content (AvgIpc) is 3.15. The smallest absolute Gasteiger partial charge is 0.277 e. The summed E-state index contributed by atoms with van der Waals surface area (Å²) in [6.07, 6.45) is 8.71. The van der Waals surface area contributed by atoms with Gasteiger partial charge in [-0.3, -0.25) is 5.10 Å². The molecule has 4 rings (SSSR count).